The predicted octanol–water partition coefficient (Wildman–Crippen LogP) is 4.54. The van der Waals surface area contributed by atoms with E-state index < -0.39 is 0 Å². The number of furan rings is 1. The molecular formula is C22H24N2O4. The molecule has 1 amide bonds. The summed E-state index contributed by atoms with van der Waals surface area (Å²) in [5, 5.41) is 2.88. The molecule has 6 heteroatoms. The van der Waals surface area contributed by atoms with Gasteiger partial charge in [0, 0.05) is 5.69 Å². The molecule has 1 aromatic heterocycles. The molecule has 0 aliphatic heterocycles. The van der Waals surface area contributed by atoms with Gasteiger partial charge in [-0.05, 0) is 74.6 Å². The molecule has 0 fully saturated rings. The van der Waals surface area contributed by atoms with Gasteiger partial charge in [-0.25, -0.2) is 0 Å². The van der Waals surface area contributed by atoms with Crippen molar-refractivity contribution in [2.75, 3.05) is 25.5 Å². The zero-order valence-corrected chi connectivity index (χ0v) is 16.1. The molecule has 3 rings (SSSR count). The molecule has 1 N–H and O–H groups in total. The van der Waals surface area contributed by atoms with Gasteiger partial charge in [-0.3, -0.25) is 9.69 Å². The first-order chi connectivity index (χ1) is 13.6. The Balaban J connectivity index is 1.48. The maximum Gasteiger partial charge on any atom is 0.238 e. The Morgan fingerprint density at radius 1 is 1.00 bits per heavy atom. The van der Waals surface area contributed by atoms with Crippen LogP contribution in [0.15, 0.2) is 71.3 Å². The minimum absolute atomic E-state index is 0.0887. The summed E-state index contributed by atoms with van der Waals surface area (Å²) in [6, 6.07) is 18.4. The highest BCUT2D eigenvalue weighted by Crippen LogP contribution is 2.25. The van der Waals surface area contributed by atoms with Crippen LogP contribution in [0.3, 0.4) is 0 Å². The van der Waals surface area contributed by atoms with Crippen LogP contribution in [0.4, 0.5) is 5.69 Å². The molecular weight excluding hydrogens is 356 g/mol. The van der Waals surface area contributed by atoms with Gasteiger partial charge in [-0.15, -0.1) is 0 Å². The monoisotopic (exact) mass is 380 g/mol. The summed E-state index contributed by atoms with van der Waals surface area (Å²) < 4.78 is 16.5. The third-order valence-electron chi connectivity index (χ3n) is 3.93. The minimum Gasteiger partial charge on any atom is -0.494 e. The van der Waals surface area contributed by atoms with Crippen LogP contribution < -0.4 is 14.8 Å². The Kier molecular flexibility index (Phi) is 6.70. The highest BCUT2D eigenvalue weighted by molar-refractivity contribution is 5.92. The second kappa shape index (κ2) is 9.62. The van der Waals surface area contributed by atoms with Gasteiger partial charge in [0.15, 0.2) is 0 Å². The maximum absolute atomic E-state index is 12.2. The van der Waals surface area contributed by atoms with Crippen molar-refractivity contribution in [2.24, 2.45) is 0 Å². The van der Waals surface area contributed by atoms with Gasteiger partial charge in [0.05, 0.1) is 26.0 Å². The molecule has 146 valence electrons. The number of amides is 1. The Hall–Kier alpha value is -3.25. The first-order valence-electron chi connectivity index (χ1n) is 9.14. The van der Waals surface area contributed by atoms with Gasteiger partial charge < -0.3 is 19.2 Å². The number of anilines is 1. The summed E-state index contributed by atoms with van der Waals surface area (Å²) >= 11 is 0. The number of likely N-dealkylation sites (N-methyl/N-ethyl adjacent to an activating group) is 1. The fourth-order valence-electron chi connectivity index (χ4n) is 2.68. The van der Waals surface area contributed by atoms with E-state index in [1.54, 1.807) is 6.26 Å². The van der Waals surface area contributed by atoms with Gasteiger partial charge in [-0.1, -0.05) is 0 Å². The molecule has 0 atom stereocenters. The lowest BCUT2D eigenvalue weighted by atomic mass is 10.3. The van der Waals surface area contributed by atoms with Gasteiger partial charge in [0.25, 0.3) is 0 Å². The molecule has 3 aromatic rings. The second-order valence-corrected chi connectivity index (χ2v) is 6.33. The van der Waals surface area contributed by atoms with Crippen LogP contribution in [0, 0.1) is 0 Å². The third kappa shape index (κ3) is 5.89. The summed E-state index contributed by atoms with van der Waals surface area (Å²) in [6.45, 7) is 3.42. The van der Waals surface area contributed by atoms with Crippen molar-refractivity contribution in [3.8, 4) is 17.2 Å². The normalized spacial score (nSPS) is 10.7. The van der Waals surface area contributed by atoms with E-state index in [4.69, 9.17) is 13.9 Å². The van der Waals surface area contributed by atoms with Crippen molar-refractivity contribution >= 4 is 11.6 Å². The van der Waals surface area contributed by atoms with Gasteiger partial charge >= 0.3 is 0 Å². The van der Waals surface area contributed by atoms with E-state index in [2.05, 4.69) is 5.32 Å². The predicted molar refractivity (Wildman–Crippen MR) is 108 cm³/mol. The van der Waals surface area contributed by atoms with E-state index in [1.165, 1.54) is 0 Å². The number of benzene rings is 2. The standard InChI is InChI=1S/C22H24N2O4/c1-3-26-18-10-12-20(13-11-18)28-19-8-6-17(7-9-19)23-22(25)16-24(2)15-21-5-4-14-27-21/h4-14H,3,15-16H2,1-2H3,(H,23,25). The number of hydrogen-bond acceptors (Lipinski definition) is 5. The molecule has 0 aliphatic carbocycles. The van der Waals surface area contributed by atoms with Crippen LogP contribution in [-0.2, 0) is 11.3 Å². The first-order valence-corrected chi connectivity index (χ1v) is 9.14. The number of carbonyl (C=O) groups is 1. The summed E-state index contributed by atoms with van der Waals surface area (Å²) in [6.07, 6.45) is 1.63. The van der Waals surface area contributed by atoms with Crippen molar-refractivity contribution in [1.29, 1.82) is 0 Å². The number of nitrogens with zero attached hydrogens (tertiary/aromatic N) is 1. The Morgan fingerprint density at radius 2 is 1.64 bits per heavy atom. The van der Waals surface area contributed by atoms with Crippen LogP contribution in [0.25, 0.3) is 0 Å². The quantitative estimate of drug-likeness (QED) is 0.590. The Labute approximate surface area is 164 Å². The van der Waals surface area contributed by atoms with Gasteiger partial charge in [-0.2, -0.15) is 0 Å². The average Bonchev–Trinajstić information content (AvgIpc) is 3.18. The van der Waals surface area contributed by atoms with Crippen molar-refractivity contribution in [3.05, 3.63) is 72.7 Å². The van der Waals surface area contributed by atoms with Crippen molar-refractivity contribution in [1.82, 2.24) is 4.90 Å². The first kappa shape index (κ1) is 19.5. The second-order valence-electron chi connectivity index (χ2n) is 6.33. The molecule has 0 unspecified atom stereocenters. The minimum atomic E-state index is -0.0887. The fourth-order valence-corrected chi connectivity index (χ4v) is 2.68. The molecule has 0 aliphatic rings. The molecule has 0 saturated carbocycles. The maximum atomic E-state index is 12.2. The molecule has 0 saturated heterocycles. The molecule has 1 heterocycles. The van der Waals surface area contributed by atoms with Crippen molar-refractivity contribution < 1.29 is 18.7 Å². The van der Waals surface area contributed by atoms with E-state index in [-0.39, 0.29) is 12.5 Å². The molecule has 0 spiro atoms. The Morgan fingerprint density at radius 3 is 2.25 bits per heavy atom. The lowest BCUT2D eigenvalue weighted by Crippen LogP contribution is -2.29. The topological polar surface area (TPSA) is 63.9 Å². The summed E-state index contributed by atoms with van der Waals surface area (Å²) in [7, 11) is 1.87. The number of carbonyl (C=O) groups excluding carboxylic acids is 1. The SMILES string of the molecule is CCOc1ccc(Oc2ccc(NC(=O)CN(C)Cc3ccco3)cc2)cc1. The van der Waals surface area contributed by atoms with E-state index in [9.17, 15) is 4.79 Å². The van der Waals surface area contributed by atoms with Gasteiger partial charge in [0.2, 0.25) is 5.91 Å². The van der Waals surface area contributed by atoms with E-state index in [0.717, 1.165) is 22.9 Å². The number of nitrogens with one attached hydrogen (secondary N) is 1. The molecule has 0 radical (unpaired) electrons. The lowest BCUT2D eigenvalue weighted by Gasteiger charge is -2.15. The molecule has 2 aromatic carbocycles. The summed E-state index contributed by atoms with van der Waals surface area (Å²) in [5.74, 6) is 2.96. The van der Waals surface area contributed by atoms with Crippen LogP contribution in [0.2, 0.25) is 0 Å². The van der Waals surface area contributed by atoms with E-state index in [0.29, 0.717) is 18.9 Å². The van der Waals surface area contributed by atoms with Crippen LogP contribution in [0.5, 0.6) is 17.2 Å². The van der Waals surface area contributed by atoms with Crippen molar-refractivity contribution in [3.63, 3.8) is 0 Å². The third-order valence-corrected chi connectivity index (χ3v) is 3.93. The molecule has 6 nitrogen and oxygen atoms in total. The fraction of sp³-hybridized carbons (Fsp3) is 0.227. The molecule has 0 bridgehead atoms. The van der Waals surface area contributed by atoms with Crippen LogP contribution in [-0.4, -0.2) is 31.0 Å². The lowest BCUT2D eigenvalue weighted by molar-refractivity contribution is -0.117. The van der Waals surface area contributed by atoms with Crippen LogP contribution >= 0.6 is 0 Å². The summed E-state index contributed by atoms with van der Waals surface area (Å²) in [5.41, 5.74) is 0.718. The summed E-state index contributed by atoms with van der Waals surface area (Å²) in [4.78, 5) is 14.1. The number of hydrogen-bond donors (Lipinski definition) is 1. The smallest absolute Gasteiger partial charge is 0.238 e. The van der Waals surface area contributed by atoms with E-state index in [1.807, 2.05) is 79.5 Å². The molecule has 28 heavy (non-hydrogen) atoms. The average molecular weight is 380 g/mol. The number of rotatable bonds is 9. The Bertz CT molecular complexity index is 859. The number of ether oxygens (including phenoxy) is 2. The highest BCUT2D eigenvalue weighted by atomic mass is 16.5. The zero-order chi connectivity index (χ0) is 19.8. The van der Waals surface area contributed by atoms with Crippen molar-refractivity contribution in [2.45, 2.75) is 13.5 Å². The zero-order valence-electron chi connectivity index (χ0n) is 16.1. The van der Waals surface area contributed by atoms with Gasteiger partial charge in [0.1, 0.15) is 23.0 Å². The van der Waals surface area contributed by atoms with Crippen LogP contribution in [0.1, 0.15) is 12.7 Å². The largest absolute Gasteiger partial charge is 0.494 e. The van der Waals surface area contributed by atoms with E-state index >= 15 is 0 Å². The highest BCUT2D eigenvalue weighted by Gasteiger charge is 2.09.